The van der Waals surface area contributed by atoms with Crippen molar-refractivity contribution in [1.82, 2.24) is 5.32 Å². The number of para-hydroxylation sites is 1. The molecule has 0 aromatic heterocycles. The van der Waals surface area contributed by atoms with Gasteiger partial charge in [-0.25, -0.2) is 8.42 Å². The molecule has 0 saturated carbocycles. The van der Waals surface area contributed by atoms with Crippen LogP contribution in [0.25, 0.3) is 0 Å². The van der Waals surface area contributed by atoms with Gasteiger partial charge < -0.3 is 14.8 Å². The fourth-order valence-corrected chi connectivity index (χ4v) is 5.18. The number of aryl methyl sites for hydroxylation is 1. The topological polar surface area (TPSA) is 84.9 Å². The molecule has 0 aliphatic heterocycles. The van der Waals surface area contributed by atoms with Crippen molar-refractivity contribution in [3.8, 4) is 11.5 Å². The van der Waals surface area contributed by atoms with E-state index < -0.39 is 15.9 Å². The van der Waals surface area contributed by atoms with E-state index in [1.807, 2.05) is 32.0 Å². The third kappa shape index (κ3) is 5.51. The lowest BCUT2D eigenvalue weighted by Gasteiger charge is -2.27. The highest BCUT2D eigenvalue weighted by Gasteiger charge is 2.29. The molecule has 3 aromatic rings. The van der Waals surface area contributed by atoms with Gasteiger partial charge in [0.05, 0.1) is 30.8 Å². The van der Waals surface area contributed by atoms with Crippen LogP contribution in [0.15, 0.2) is 77.7 Å². The number of nitrogens with zero attached hydrogens (tertiary/aromatic N) is 1. The number of ether oxygens (including phenoxy) is 2. The van der Waals surface area contributed by atoms with Crippen molar-refractivity contribution >= 4 is 21.6 Å². The zero-order chi connectivity index (χ0) is 24.7. The molecule has 0 heterocycles. The minimum absolute atomic E-state index is 0.127. The van der Waals surface area contributed by atoms with Crippen molar-refractivity contribution in [3.63, 3.8) is 0 Å². The van der Waals surface area contributed by atoms with Crippen LogP contribution in [0.1, 0.15) is 31.0 Å². The maximum atomic E-state index is 13.6. The van der Waals surface area contributed by atoms with Crippen LogP contribution in [0.4, 0.5) is 5.69 Å². The molecule has 0 aliphatic rings. The Labute approximate surface area is 201 Å². The number of carbonyl (C=O) groups excluding carboxylic acids is 1. The summed E-state index contributed by atoms with van der Waals surface area (Å²) in [6.45, 7) is 3.42. The number of rotatable bonds is 10. The standard InChI is InChI=1S/C26H30N2O5S/c1-5-20-11-9-10-14-23(20)28(34(30,31)22-12-7-6-8-13-22)18-26(29)27-19(2)21-15-16-24(32-3)25(17-21)33-4/h6-17,19H,5,18H2,1-4H3,(H,27,29)/t19-/m1/s1. The molecule has 1 amide bonds. The van der Waals surface area contributed by atoms with Gasteiger partial charge in [-0.3, -0.25) is 9.10 Å². The van der Waals surface area contributed by atoms with E-state index in [2.05, 4.69) is 5.32 Å². The monoisotopic (exact) mass is 482 g/mol. The number of hydrogen-bond acceptors (Lipinski definition) is 5. The Morgan fingerprint density at radius 3 is 2.24 bits per heavy atom. The van der Waals surface area contributed by atoms with Crippen molar-refractivity contribution in [3.05, 3.63) is 83.9 Å². The third-order valence-corrected chi connectivity index (χ3v) is 7.32. The van der Waals surface area contributed by atoms with E-state index in [1.165, 1.54) is 16.4 Å². The second-order valence-electron chi connectivity index (χ2n) is 7.71. The fraction of sp³-hybridized carbons (Fsp3) is 0.269. The van der Waals surface area contributed by atoms with Crippen LogP contribution in [-0.4, -0.2) is 35.1 Å². The van der Waals surface area contributed by atoms with Crippen LogP contribution in [-0.2, 0) is 21.2 Å². The molecule has 1 atom stereocenters. The van der Waals surface area contributed by atoms with Crippen LogP contribution in [0.2, 0.25) is 0 Å². The zero-order valence-electron chi connectivity index (χ0n) is 19.8. The van der Waals surface area contributed by atoms with Crippen LogP contribution in [0, 0.1) is 0 Å². The van der Waals surface area contributed by atoms with E-state index in [0.717, 1.165) is 11.1 Å². The molecule has 0 aliphatic carbocycles. The smallest absolute Gasteiger partial charge is 0.264 e. The first kappa shape index (κ1) is 25.1. The summed E-state index contributed by atoms with van der Waals surface area (Å²) in [5.41, 5.74) is 2.13. The van der Waals surface area contributed by atoms with Gasteiger partial charge in [-0.1, -0.05) is 49.4 Å². The van der Waals surface area contributed by atoms with E-state index in [0.29, 0.717) is 23.6 Å². The van der Waals surface area contributed by atoms with E-state index in [1.54, 1.807) is 56.7 Å². The maximum Gasteiger partial charge on any atom is 0.264 e. The van der Waals surface area contributed by atoms with Gasteiger partial charge in [-0.05, 0) is 54.8 Å². The molecule has 1 N–H and O–H groups in total. The quantitative estimate of drug-likeness (QED) is 0.465. The highest BCUT2D eigenvalue weighted by atomic mass is 32.2. The Kier molecular flexibility index (Phi) is 8.17. The molecule has 3 aromatic carbocycles. The number of sulfonamides is 1. The average molecular weight is 483 g/mol. The number of carbonyl (C=O) groups is 1. The normalized spacial score (nSPS) is 12.0. The Balaban J connectivity index is 1.90. The summed E-state index contributed by atoms with van der Waals surface area (Å²) in [5, 5.41) is 2.90. The summed E-state index contributed by atoms with van der Waals surface area (Å²) < 4.78 is 38.9. The summed E-state index contributed by atoms with van der Waals surface area (Å²) in [7, 11) is -0.868. The number of nitrogens with one attached hydrogen (secondary N) is 1. The second kappa shape index (κ2) is 11.1. The van der Waals surface area contributed by atoms with Crippen molar-refractivity contribution in [2.45, 2.75) is 31.2 Å². The summed E-state index contributed by atoms with van der Waals surface area (Å²) in [4.78, 5) is 13.2. The van der Waals surface area contributed by atoms with Crippen molar-refractivity contribution in [1.29, 1.82) is 0 Å². The molecule has 0 spiro atoms. The van der Waals surface area contributed by atoms with Gasteiger partial charge in [0, 0.05) is 0 Å². The van der Waals surface area contributed by atoms with Crippen LogP contribution in [0.5, 0.6) is 11.5 Å². The number of hydrogen-bond donors (Lipinski definition) is 1. The molecule has 7 nitrogen and oxygen atoms in total. The van der Waals surface area contributed by atoms with E-state index >= 15 is 0 Å². The molecular weight excluding hydrogens is 452 g/mol. The van der Waals surface area contributed by atoms with Crippen molar-refractivity contribution in [2.24, 2.45) is 0 Å². The SMILES string of the molecule is CCc1ccccc1N(CC(=O)N[C@H](C)c1ccc(OC)c(OC)c1)S(=O)(=O)c1ccccc1. The molecule has 3 rings (SSSR count). The van der Waals surface area contributed by atoms with Gasteiger partial charge in [-0.2, -0.15) is 0 Å². The van der Waals surface area contributed by atoms with Crippen LogP contribution in [0.3, 0.4) is 0 Å². The summed E-state index contributed by atoms with van der Waals surface area (Å²) in [6.07, 6.45) is 0.626. The number of amides is 1. The highest BCUT2D eigenvalue weighted by molar-refractivity contribution is 7.92. The average Bonchev–Trinajstić information content (AvgIpc) is 2.87. The lowest BCUT2D eigenvalue weighted by atomic mass is 10.1. The predicted octanol–water partition coefficient (Wildman–Crippen LogP) is 4.34. The van der Waals surface area contributed by atoms with Crippen LogP contribution < -0.4 is 19.1 Å². The molecule has 34 heavy (non-hydrogen) atoms. The van der Waals surface area contributed by atoms with Crippen LogP contribution >= 0.6 is 0 Å². The van der Waals surface area contributed by atoms with Gasteiger partial charge in [0.15, 0.2) is 11.5 Å². The number of anilines is 1. The molecular formula is C26H30N2O5S. The summed E-state index contributed by atoms with van der Waals surface area (Å²) >= 11 is 0. The van der Waals surface area contributed by atoms with E-state index in [9.17, 15) is 13.2 Å². The van der Waals surface area contributed by atoms with Gasteiger partial charge >= 0.3 is 0 Å². The molecule has 0 bridgehead atoms. The fourth-order valence-electron chi connectivity index (χ4n) is 3.70. The molecule has 8 heteroatoms. The highest BCUT2D eigenvalue weighted by Crippen LogP contribution is 2.30. The summed E-state index contributed by atoms with van der Waals surface area (Å²) in [5.74, 6) is 0.708. The first-order chi connectivity index (χ1) is 16.3. The Morgan fingerprint density at radius 1 is 0.941 bits per heavy atom. The minimum Gasteiger partial charge on any atom is -0.493 e. The number of benzene rings is 3. The van der Waals surface area contributed by atoms with E-state index in [4.69, 9.17) is 9.47 Å². The second-order valence-corrected chi connectivity index (χ2v) is 9.57. The van der Waals surface area contributed by atoms with E-state index in [-0.39, 0.29) is 17.5 Å². The first-order valence-electron chi connectivity index (χ1n) is 11.0. The minimum atomic E-state index is -3.97. The molecule has 0 saturated heterocycles. The molecule has 180 valence electrons. The van der Waals surface area contributed by atoms with Gasteiger partial charge in [-0.15, -0.1) is 0 Å². The maximum absolute atomic E-state index is 13.6. The first-order valence-corrected chi connectivity index (χ1v) is 12.4. The lowest BCUT2D eigenvalue weighted by Crippen LogP contribution is -2.42. The third-order valence-electron chi connectivity index (χ3n) is 5.54. The van der Waals surface area contributed by atoms with Gasteiger partial charge in [0.25, 0.3) is 10.0 Å². The Morgan fingerprint density at radius 2 is 1.59 bits per heavy atom. The summed E-state index contributed by atoms with van der Waals surface area (Å²) in [6, 6.07) is 20.4. The Hall–Kier alpha value is -3.52. The molecule has 0 fully saturated rings. The lowest BCUT2D eigenvalue weighted by molar-refractivity contribution is -0.120. The number of methoxy groups -OCH3 is 2. The largest absolute Gasteiger partial charge is 0.493 e. The van der Waals surface area contributed by atoms with Gasteiger partial charge in [0.1, 0.15) is 6.54 Å². The molecule has 0 unspecified atom stereocenters. The van der Waals surface area contributed by atoms with Gasteiger partial charge in [0.2, 0.25) is 5.91 Å². The Bertz CT molecular complexity index is 1230. The zero-order valence-corrected chi connectivity index (χ0v) is 20.6. The molecule has 0 radical (unpaired) electrons. The van der Waals surface area contributed by atoms with Crippen molar-refractivity contribution in [2.75, 3.05) is 25.1 Å². The van der Waals surface area contributed by atoms with Crippen molar-refractivity contribution < 1.29 is 22.7 Å². The predicted molar refractivity (Wildman–Crippen MR) is 133 cm³/mol.